The molecule has 0 spiro atoms. The molecule has 0 saturated carbocycles. The number of hydrogen-bond acceptors (Lipinski definition) is 5. The standard InChI is InChI=1S/C21H14Cl3N3O2S/c1-2-27-20(28)19(30-21(27)26-17-7-8-25-11-16(17)24)10-13-4-6-18(29-13)14-9-12(22)3-5-15(14)23/h3-11H,2H2,1H3/b19-10+,26-21?. The molecule has 3 heterocycles. The summed E-state index contributed by atoms with van der Waals surface area (Å²) >= 11 is 19.7. The number of carbonyl (C=O) groups is 1. The summed E-state index contributed by atoms with van der Waals surface area (Å²) in [5.41, 5.74) is 1.24. The van der Waals surface area contributed by atoms with Gasteiger partial charge in [0.25, 0.3) is 5.91 Å². The maximum Gasteiger partial charge on any atom is 0.266 e. The van der Waals surface area contributed by atoms with Crippen molar-refractivity contribution < 1.29 is 9.21 Å². The van der Waals surface area contributed by atoms with Gasteiger partial charge in [0.2, 0.25) is 0 Å². The van der Waals surface area contributed by atoms with Crippen LogP contribution in [0.5, 0.6) is 0 Å². The Bertz CT molecular complexity index is 1190. The summed E-state index contributed by atoms with van der Waals surface area (Å²) in [6, 6.07) is 10.4. The van der Waals surface area contributed by atoms with Crippen LogP contribution in [-0.2, 0) is 4.79 Å². The number of benzene rings is 1. The molecule has 9 heteroatoms. The van der Waals surface area contributed by atoms with Gasteiger partial charge in [0.15, 0.2) is 5.17 Å². The van der Waals surface area contributed by atoms with E-state index in [4.69, 9.17) is 39.2 Å². The Kier molecular flexibility index (Phi) is 6.20. The molecule has 0 unspecified atom stereocenters. The Balaban J connectivity index is 1.65. The minimum Gasteiger partial charge on any atom is -0.457 e. The molecule has 152 valence electrons. The number of amidine groups is 1. The van der Waals surface area contributed by atoms with E-state index in [0.717, 1.165) is 0 Å². The van der Waals surface area contributed by atoms with Crippen molar-refractivity contribution in [2.45, 2.75) is 6.92 Å². The van der Waals surface area contributed by atoms with Crippen molar-refractivity contribution in [2.24, 2.45) is 4.99 Å². The molecular weight excluding hydrogens is 465 g/mol. The highest BCUT2D eigenvalue weighted by molar-refractivity contribution is 8.18. The van der Waals surface area contributed by atoms with Crippen molar-refractivity contribution in [3.63, 3.8) is 0 Å². The first kappa shape index (κ1) is 21.0. The molecule has 2 aromatic heterocycles. The van der Waals surface area contributed by atoms with Crippen LogP contribution in [0.25, 0.3) is 17.4 Å². The highest BCUT2D eigenvalue weighted by atomic mass is 35.5. The van der Waals surface area contributed by atoms with Gasteiger partial charge < -0.3 is 4.42 Å². The lowest BCUT2D eigenvalue weighted by Crippen LogP contribution is -2.28. The Morgan fingerprint density at radius 2 is 2.00 bits per heavy atom. The van der Waals surface area contributed by atoms with Crippen LogP contribution in [0.1, 0.15) is 12.7 Å². The number of halogens is 3. The SMILES string of the molecule is CCN1C(=O)/C(=C\c2ccc(-c3cc(Cl)ccc3Cl)o2)SC1=Nc1ccncc1Cl. The van der Waals surface area contributed by atoms with Crippen LogP contribution in [0.4, 0.5) is 5.69 Å². The van der Waals surface area contributed by atoms with Crippen LogP contribution in [0.3, 0.4) is 0 Å². The molecular formula is C21H14Cl3N3O2S. The first-order chi connectivity index (χ1) is 14.5. The summed E-state index contributed by atoms with van der Waals surface area (Å²) in [7, 11) is 0. The molecule has 0 radical (unpaired) electrons. The molecule has 0 aliphatic carbocycles. The Labute approximate surface area is 192 Å². The molecule has 30 heavy (non-hydrogen) atoms. The molecule has 1 aliphatic heterocycles. The van der Waals surface area contributed by atoms with Crippen molar-refractivity contribution in [3.05, 3.63) is 74.5 Å². The summed E-state index contributed by atoms with van der Waals surface area (Å²) in [4.78, 5) is 23.4. The normalized spacial score (nSPS) is 16.8. The van der Waals surface area contributed by atoms with Gasteiger partial charge in [-0.05, 0) is 55.1 Å². The summed E-state index contributed by atoms with van der Waals surface area (Å²) in [5, 5.41) is 2.05. The molecule has 4 rings (SSSR count). The second-order valence-electron chi connectivity index (χ2n) is 6.21. The van der Waals surface area contributed by atoms with Gasteiger partial charge in [-0.15, -0.1) is 0 Å². The monoisotopic (exact) mass is 477 g/mol. The molecule has 3 aromatic rings. The Morgan fingerprint density at radius 3 is 2.77 bits per heavy atom. The number of likely N-dealkylation sites (N-methyl/N-ethyl adjacent to an activating group) is 1. The van der Waals surface area contributed by atoms with Crippen molar-refractivity contribution in [1.82, 2.24) is 9.88 Å². The van der Waals surface area contributed by atoms with Crippen LogP contribution >= 0.6 is 46.6 Å². The van der Waals surface area contributed by atoms with E-state index in [1.807, 2.05) is 6.92 Å². The second-order valence-corrected chi connectivity index (χ2v) is 8.47. The average molecular weight is 479 g/mol. The zero-order valence-corrected chi connectivity index (χ0v) is 18.7. The fourth-order valence-electron chi connectivity index (χ4n) is 2.82. The van der Waals surface area contributed by atoms with Crippen LogP contribution in [0.15, 0.2) is 63.1 Å². The molecule has 1 amide bonds. The fourth-order valence-corrected chi connectivity index (χ4v) is 4.40. The zero-order chi connectivity index (χ0) is 21.3. The van der Waals surface area contributed by atoms with E-state index in [-0.39, 0.29) is 5.91 Å². The van der Waals surface area contributed by atoms with Gasteiger partial charge in [0.1, 0.15) is 11.5 Å². The van der Waals surface area contributed by atoms with Gasteiger partial charge in [-0.25, -0.2) is 4.99 Å². The van der Waals surface area contributed by atoms with Crippen LogP contribution < -0.4 is 0 Å². The Hall–Kier alpha value is -2.25. The van der Waals surface area contributed by atoms with Crippen molar-refractivity contribution >= 4 is 69.4 Å². The number of aliphatic imine (C=N–C) groups is 1. The highest BCUT2D eigenvalue weighted by Crippen LogP contribution is 2.37. The number of nitrogens with zero attached hydrogens (tertiary/aromatic N) is 3. The van der Waals surface area contributed by atoms with Crippen molar-refractivity contribution in [1.29, 1.82) is 0 Å². The number of furan rings is 1. The number of thioether (sulfide) groups is 1. The van der Waals surface area contributed by atoms with E-state index < -0.39 is 0 Å². The number of carbonyl (C=O) groups excluding carboxylic acids is 1. The molecule has 1 saturated heterocycles. The summed E-state index contributed by atoms with van der Waals surface area (Å²) in [5.74, 6) is 0.941. The fraction of sp³-hybridized carbons (Fsp3) is 0.0952. The Morgan fingerprint density at radius 1 is 1.17 bits per heavy atom. The number of amides is 1. The average Bonchev–Trinajstić information content (AvgIpc) is 3.30. The number of aromatic nitrogens is 1. The van der Waals surface area contributed by atoms with Gasteiger partial charge in [-0.3, -0.25) is 14.7 Å². The first-order valence-corrected chi connectivity index (χ1v) is 10.9. The third-order valence-electron chi connectivity index (χ3n) is 4.27. The summed E-state index contributed by atoms with van der Waals surface area (Å²) in [6.45, 7) is 2.36. The molecule has 1 fully saturated rings. The van der Waals surface area contributed by atoms with Gasteiger partial charge in [0.05, 0.1) is 20.6 Å². The molecule has 1 aliphatic rings. The maximum absolute atomic E-state index is 12.8. The zero-order valence-electron chi connectivity index (χ0n) is 15.6. The minimum atomic E-state index is -0.148. The quantitative estimate of drug-likeness (QED) is 0.382. The van der Waals surface area contributed by atoms with Gasteiger partial charge in [0, 0.05) is 35.6 Å². The number of rotatable bonds is 4. The topological polar surface area (TPSA) is 58.7 Å². The predicted octanol–water partition coefficient (Wildman–Crippen LogP) is 6.93. The van der Waals surface area contributed by atoms with E-state index >= 15 is 0 Å². The van der Waals surface area contributed by atoms with E-state index in [1.165, 1.54) is 18.0 Å². The number of hydrogen-bond donors (Lipinski definition) is 0. The van der Waals surface area contributed by atoms with Crippen LogP contribution in [0, 0.1) is 0 Å². The maximum atomic E-state index is 12.8. The second kappa shape index (κ2) is 8.86. The van der Waals surface area contributed by atoms with Gasteiger partial charge >= 0.3 is 0 Å². The van der Waals surface area contributed by atoms with Gasteiger partial charge in [-0.1, -0.05) is 34.8 Å². The van der Waals surface area contributed by atoms with E-state index in [0.29, 0.717) is 54.5 Å². The lowest BCUT2D eigenvalue weighted by atomic mass is 10.2. The lowest BCUT2D eigenvalue weighted by molar-refractivity contribution is -0.122. The highest BCUT2D eigenvalue weighted by Gasteiger charge is 2.32. The van der Waals surface area contributed by atoms with Crippen molar-refractivity contribution in [2.75, 3.05) is 6.54 Å². The molecule has 0 N–H and O–H groups in total. The van der Waals surface area contributed by atoms with E-state index in [2.05, 4.69) is 9.98 Å². The van der Waals surface area contributed by atoms with Crippen LogP contribution in [0.2, 0.25) is 15.1 Å². The van der Waals surface area contributed by atoms with Crippen LogP contribution in [-0.4, -0.2) is 27.5 Å². The predicted molar refractivity (Wildman–Crippen MR) is 123 cm³/mol. The van der Waals surface area contributed by atoms with Crippen molar-refractivity contribution in [3.8, 4) is 11.3 Å². The van der Waals surface area contributed by atoms with Gasteiger partial charge in [-0.2, -0.15) is 0 Å². The first-order valence-electron chi connectivity index (χ1n) is 8.91. The summed E-state index contributed by atoms with van der Waals surface area (Å²) in [6.07, 6.45) is 4.81. The number of pyridine rings is 1. The molecule has 1 aromatic carbocycles. The summed E-state index contributed by atoms with van der Waals surface area (Å²) < 4.78 is 5.88. The molecule has 0 atom stereocenters. The smallest absolute Gasteiger partial charge is 0.266 e. The largest absolute Gasteiger partial charge is 0.457 e. The minimum absolute atomic E-state index is 0.148. The lowest BCUT2D eigenvalue weighted by Gasteiger charge is -2.12. The molecule has 0 bridgehead atoms. The third kappa shape index (κ3) is 4.27. The molecule has 5 nitrogen and oxygen atoms in total. The third-order valence-corrected chi connectivity index (χ3v) is 6.13. The van der Waals surface area contributed by atoms with E-state index in [1.54, 1.807) is 53.6 Å². The van der Waals surface area contributed by atoms with E-state index in [9.17, 15) is 4.79 Å².